The molecule has 1 aromatic carbocycles. The molecule has 2 rings (SSSR count). The Balaban J connectivity index is 1.90. The molecule has 0 spiro atoms. The monoisotopic (exact) mass is 348 g/mol. The van der Waals surface area contributed by atoms with E-state index < -0.39 is 5.79 Å². The minimum absolute atomic E-state index is 0.114. The molecule has 0 bridgehead atoms. The number of unbranched alkanes of at least 4 members (excludes halogenated alkanes) is 4. The lowest BCUT2D eigenvalue weighted by molar-refractivity contribution is -0.146. The first-order valence-electron chi connectivity index (χ1n) is 10.1. The molecule has 1 heterocycles. The summed E-state index contributed by atoms with van der Waals surface area (Å²) in [5.74, 6) is -0.489. The Hall–Kier alpha value is -0.900. The predicted octanol–water partition coefficient (Wildman–Crippen LogP) is 5.55. The van der Waals surface area contributed by atoms with Crippen molar-refractivity contribution in [1.82, 2.24) is 0 Å². The summed E-state index contributed by atoms with van der Waals surface area (Å²) >= 11 is 0. The first kappa shape index (κ1) is 20.4. The Morgan fingerprint density at radius 2 is 1.60 bits per heavy atom. The zero-order valence-corrected chi connectivity index (χ0v) is 16.5. The zero-order chi connectivity index (χ0) is 18.3. The van der Waals surface area contributed by atoms with Crippen LogP contribution in [0.4, 0.5) is 0 Å². The van der Waals surface area contributed by atoms with Crippen LogP contribution in [-0.2, 0) is 15.9 Å². The normalized spacial score (nSPS) is 23.7. The van der Waals surface area contributed by atoms with Crippen LogP contribution in [0.1, 0.15) is 89.9 Å². The van der Waals surface area contributed by atoms with Gasteiger partial charge in [-0.15, -0.1) is 0 Å². The summed E-state index contributed by atoms with van der Waals surface area (Å²) in [5, 5.41) is 9.93. The van der Waals surface area contributed by atoms with Crippen molar-refractivity contribution in [3.63, 3.8) is 0 Å². The average molecular weight is 349 g/mol. The summed E-state index contributed by atoms with van der Waals surface area (Å²) in [6, 6.07) is 8.29. The molecule has 0 radical (unpaired) electrons. The number of hydrogen-bond acceptors (Lipinski definition) is 3. The minimum Gasteiger partial charge on any atom is -0.388 e. The molecule has 0 unspecified atom stereocenters. The van der Waals surface area contributed by atoms with Crippen LogP contribution in [0.5, 0.6) is 0 Å². The van der Waals surface area contributed by atoms with Crippen LogP contribution < -0.4 is 0 Å². The van der Waals surface area contributed by atoms with Crippen molar-refractivity contribution < 1.29 is 14.6 Å². The third-order valence-electron chi connectivity index (χ3n) is 5.07. The second-order valence-electron chi connectivity index (χ2n) is 7.79. The largest absolute Gasteiger partial charge is 0.388 e. The molecular weight excluding hydrogens is 312 g/mol. The van der Waals surface area contributed by atoms with Crippen molar-refractivity contribution in [3.05, 3.63) is 35.4 Å². The highest BCUT2D eigenvalue weighted by atomic mass is 16.7. The van der Waals surface area contributed by atoms with Crippen LogP contribution in [0.15, 0.2) is 24.3 Å². The molecule has 1 aliphatic rings. The number of hydrogen-bond donors (Lipinski definition) is 1. The third kappa shape index (κ3) is 6.40. The van der Waals surface area contributed by atoms with Crippen molar-refractivity contribution in [2.75, 3.05) is 0 Å². The molecule has 3 atom stereocenters. The van der Waals surface area contributed by atoms with Gasteiger partial charge in [0.05, 0.1) is 18.3 Å². The number of aliphatic hydroxyl groups excluding tert-OH is 1. The first-order chi connectivity index (χ1) is 11.9. The van der Waals surface area contributed by atoms with E-state index in [2.05, 4.69) is 19.1 Å². The molecule has 0 aliphatic carbocycles. The molecule has 3 nitrogen and oxygen atoms in total. The molecule has 1 aliphatic heterocycles. The summed E-state index contributed by atoms with van der Waals surface area (Å²) in [5.41, 5.74) is 2.23. The second kappa shape index (κ2) is 9.70. The fraction of sp³-hybridized carbons (Fsp3) is 0.727. The maximum atomic E-state index is 9.93. The van der Waals surface area contributed by atoms with Crippen LogP contribution in [0, 0.1) is 0 Å². The van der Waals surface area contributed by atoms with Crippen LogP contribution >= 0.6 is 0 Å². The summed E-state index contributed by atoms with van der Waals surface area (Å²) in [7, 11) is 0. The lowest BCUT2D eigenvalue weighted by atomic mass is 9.97. The highest BCUT2D eigenvalue weighted by Gasteiger charge is 2.40. The minimum atomic E-state index is -0.489. The number of benzene rings is 1. The van der Waals surface area contributed by atoms with Crippen molar-refractivity contribution >= 4 is 0 Å². The van der Waals surface area contributed by atoms with Gasteiger partial charge in [0.1, 0.15) is 0 Å². The van der Waals surface area contributed by atoms with E-state index in [1.165, 1.54) is 37.7 Å². The van der Waals surface area contributed by atoms with Crippen LogP contribution in [0.2, 0.25) is 0 Å². The van der Waals surface area contributed by atoms with Gasteiger partial charge in [0.25, 0.3) is 0 Å². The topological polar surface area (TPSA) is 38.7 Å². The number of rotatable bonds is 10. The van der Waals surface area contributed by atoms with Crippen molar-refractivity contribution in [2.45, 2.75) is 103 Å². The summed E-state index contributed by atoms with van der Waals surface area (Å²) < 4.78 is 12.3. The maximum Gasteiger partial charge on any atom is 0.163 e. The van der Waals surface area contributed by atoms with Crippen molar-refractivity contribution in [3.8, 4) is 0 Å². The molecule has 142 valence electrons. The van der Waals surface area contributed by atoms with Gasteiger partial charge >= 0.3 is 0 Å². The van der Waals surface area contributed by atoms with Crippen LogP contribution in [0.25, 0.3) is 0 Å². The molecule has 0 amide bonds. The molecule has 3 heteroatoms. The van der Waals surface area contributed by atoms with Gasteiger partial charge in [-0.2, -0.15) is 0 Å². The maximum absolute atomic E-state index is 9.93. The summed E-state index contributed by atoms with van der Waals surface area (Å²) in [6.07, 6.45) is 9.03. The van der Waals surface area contributed by atoms with E-state index in [4.69, 9.17) is 9.47 Å². The van der Waals surface area contributed by atoms with Gasteiger partial charge in [-0.1, -0.05) is 70.2 Å². The molecule has 0 saturated carbocycles. The van der Waals surface area contributed by atoms with Gasteiger partial charge in [-0.05, 0) is 37.8 Å². The van der Waals surface area contributed by atoms with Gasteiger partial charge in [0.2, 0.25) is 0 Å². The fourth-order valence-corrected chi connectivity index (χ4v) is 3.62. The molecule has 25 heavy (non-hydrogen) atoms. The van der Waals surface area contributed by atoms with E-state index >= 15 is 0 Å². The second-order valence-corrected chi connectivity index (χ2v) is 7.79. The number of aliphatic hydroxyl groups is 1. The fourth-order valence-electron chi connectivity index (χ4n) is 3.62. The standard InChI is InChI=1S/C22H36O3/c1-5-7-8-9-10-11-20-21(25-22(3,4)24-20)16-17-12-14-18(15-13-17)19(23)6-2/h12-15,19-21,23H,5-11,16H2,1-4H3/t19-,20+,21+/m0/s1. The number of ether oxygens (including phenoxy) is 2. The van der Waals surface area contributed by atoms with Gasteiger partial charge in [0, 0.05) is 6.42 Å². The quantitative estimate of drug-likeness (QED) is 0.563. The molecule has 1 fully saturated rings. The Morgan fingerprint density at radius 1 is 0.960 bits per heavy atom. The SMILES string of the molecule is CCCCCCC[C@H]1OC(C)(C)O[C@@H]1Cc1ccc([C@@H](O)CC)cc1. The van der Waals surface area contributed by atoms with E-state index in [9.17, 15) is 5.11 Å². The highest BCUT2D eigenvalue weighted by Crippen LogP contribution is 2.33. The Bertz CT molecular complexity index is 494. The van der Waals surface area contributed by atoms with Crippen LogP contribution in [-0.4, -0.2) is 23.1 Å². The Kier molecular flexibility index (Phi) is 7.92. The van der Waals surface area contributed by atoms with Crippen molar-refractivity contribution in [1.29, 1.82) is 0 Å². The first-order valence-corrected chi connectivity index (χ1v) is 10.1. The van der Waals surface area contributed by atoms with E-state index in [1.54, 1.807) is 0 Å². The molecule has 1 N–H and O–H groups in total. The Morgan fingerprint density at radius 3 is 2.24 bits per heavy atom. The smallest absolute Gasteiger partial charge is 0.163 e. The van der Waals surface area contributed by atoms with Gasteiger partial charge in [0.15, 0.2) is 5.79 Å². The predicted molar refractivity (Wildman–Crippen MR) is 103 cm³/mol. The van der Waals surface area contributed by atoms with E-state index in [0.717, 1.165) is 24.8 Å². The molecule has 1 saturated heterocycles. The van der Waals surface area contributed by atoms with Crippen molar-refractivity contribution in [2.24, 2.45) is 0 Å². The Labute approximate surface area is 153 Å². The van der Waals surface area contributed by atoms with Gasteiger partial charge in [-0.3, -0.25) is 0 Å². The van der Waals surface area contributed by atoms with Crippen LogP contribution in [0.3, 0.4) is 0 Å². The average Bonchev–Trinajstić information content (AvgIpc) is 2.88. The summed E-state index contributed by atoms with van der Waals surface area (Å²) in [6.45, 7) is 8.27. The molecule has 1 aromatic rings. The van der Waals surface area contributed by atoms with Gasteiger partial charge in [-0.25, -0.2) is 0 Å². The third-order valence-corrected chi connectivity index (χ3v) is 5.07. The summed E-state index contributed by atoms with van der Waals surface area (Å²) in [4.78, 5) is 0. The molecular formula is C22H36O3. The van der Waals surface area contributed by atoms with E-state index in [0.29, 0.717) is 0 Å². The lowest BCUT2D eigenvalue weighted by Crippen LogP contribution is -2.25. The van der Waals surface area contributed by atoms with E-state index in [1.807, 2.05) is 32.9 Å². The van der Waals surface area contributed by atoms with Gasteiger partial charge < -0.3 is 14.6 Å². The highest BCUT2D eigenvalue weighted by molar-refractivity contribution is 5.25. The van der Waals surface area contributed by atoms with E-state index in [-0.39, 0.29) is 18.3 Å². The lowest BCUT2D eigenvalue weighted by Gasteiger charge is -2.17. The molecule has 0 aromatic heterocycles. The zero-order valence-electron chi connectivity index (χ0n) is 16.5.